The van der Waals surface area contributed by atoms with E-state index in [9.17, 15) is 9.18 Å². The summed E-state index contributed by atoms with van der Waals surface area (Å²) in [6.07, 6.45) is 5.26. The largest absolute Gasteiger partial charge is 0.472 e. The van der Waals surface area contributed by atoms with Gasteiger partial charge in [-0.3, -0.25) is 4.79 Å². The Hall–Kier alpha value is -2.82. The summed E-state index contributed by atoms with van der Waals surface area (Å²) in [7, 11) is 0. The van der Waals surface area contributed by atoms with Crippen LogP contribution in [0.4, 0.5) is 4.39 Å². The molecule has 1 amide bonds. The van der Waals surface area contributed by atoms with Gasteiger partial charge in [0.05, 0.1) is 12.5 Å². The fourth-order valence-corrected chi connectivity index (χ4v) is 3.17. The number of amides is 1. The lowest BCUT2D eigenvalue weighted by Gasteiger charge is -2.36. The Kier molecular flexibility index (Phi) is 3.26. The van der Waals surface area contributed by atoms with E-state index in [0.29, 0.717) is 12.1 Å². The average molecular weight is 310 g/mol. The highest BCUT2D eigenvalue weighted by molar-refractivity contribution is 5.94. The van der Waals surface area contributed by atoms with Gasteiger partial charge in [-0.05, 0) is 36.4 Å². The number of aromatic nitrogens is 1. The number of benzene rings is 1. The van der Waals surface area contributed by atoms with Crippen molar-refractivity contribution in [3.8, 4) is 0 Å². The first kappa shape index (κ1) is 13.8. The molecule has 4 rings (SSSR count). The minimum absolute atomic E-state index is 0.178. The van der Waals surface area contributed by atoms with E-state index in [2.05, 4.69) is 4.57 Å². The number of halogens is 1. The molecule has 0 N–H and O–H groups in total. The predicted molar refractivity (Wildman–Crippen MR) is 82.4 cm³/mol. The van der Waals surface area contributed by atoms with Crippen LogP contribution >= 0.6 is 0 Å². The molecule has 0 radical (unpaired) electrons. The Morgan fingerprint density at radius 1 is 1.17 bits per heavy atom. The van der Waals surface area contributed by atoms with Gasteiger partial charge in [0.25, 0.3) is 5.91 Å². The predicted octanol–water partition coefficient (Wildman–Crippen LogP) is 3.47. The molecule has 5 heteroatoms. The van der Waals surface area contributed by atoms with E-state index in [1.807, 2.05) is 24.4 Å². The molecule has 0 spiro atoms. The van der Waals surface area contributed by atoms with Crippen LogP contribution in [0.5, 0.6) is 0 Å². The van der Waals surface area contributed by atoms with Crippen LogP contribution in [0.1, 0.15) is 27.7 Å². The molecule has 0 bridgehead atoms. The second-order valence-electron chi connectivity index (χ2n) is 5.59. The summed E-state index contributed by atoms with van der Waals surface area (Å²) < 4.78 is 20.8. The lowest BCUT2D eigenvalue weighted by Crippen LogP contribution is -2.42. The van der Waals surface area contributed by atoms with E-state index in [-0.39, 0.29) is 11.9 Å². The van der Waals surface area contributed by atoms with E-state index < -0.39 is 5.82 Å². The zero-order valence-corrected chi connectivity index (χ0v) is 12.4. The fraction of sp³-hybridized carbons (Fsp3) is 0.167. The second kappa shape index (κ2) is 5.43. The standard InChI is InChI=1S/C18H15FN2O2/c19-15-4-1-3-13(11-15)18(22)21-9-8-20-7-2-5-16(20)17(21)14-6-10-23-12-14/h1-7,10-12,17H,8-9H2/t17-/m1/s1. The van der Waals surface area contributed by atoms with Gasteiger partial charge in [-0.2, -0.15) is 0 Å². The molecule has 0 aliphatic carbocycles. The highest BCUT2D eigenvalue weighted by atomic mass is 19.1. The lowest BCUT2D eigenvalue weighted by atomic mass is 10.0. The maximum Gasteiger partial charge on any atom is 0.254 e. The SMILES string of the molecule is O=C(c1cccc(F)c1)N1CCn2cccc2[C@H]1c1ccoc1. The van der Waals surface area contributed by atoms with Crippen LogP contribution in [0.25, 0.3) is 0 Å². The Bertz CT molecular complexity index is 838. The van der Waals surface area contributed by atoms with Crippen LogP contribution in [-0.4, -0.2) is 21.9 Å². The van der Waals surface area contributed by atoms with Crippen LogP contribution in [0.2, 0.25) is 0 Å². The molecule has 0 fully saturated rings. The third kappa shape index (κ3) is 2.34. The second-order valence-corrected chi connectivity index (χ2v) is 5.59. The summed E-state index contributed by atoms with van der Waals surface area (Å²) in [4.78, 5) is 14.7. The molecule has 1 aromatic carbocycles. The quantitative estimate of drug-likeness (QED) is 0.727. The van der Waals surface area contributed by atoms with E-state index in [1.54, 1.807) is 29.6 Å². The van der Waals surface area contributed by atoms with Gasteiger partial charge in [0.2, 0.25) is 0 Å². The molecule has 1 aliphatic heterocycles. The molecule has 3 aromatic rings. The van der Waals surface area contributed by atoms with E-state index in [4.69, 9.17) is 4.42 Å². The minimum Gasteiger partial charge on any atom is -0.472 e. The molecule has 0 saturated heterocycles. The summed E-state index contributed by atoms with van der Waals surface area (Å²) in [6, 6.07) is 11.4. The minimum atomic E-state index is -0.406. The Balaban J connectivity index is 1.77. The Labute approximate surface area is 132 Å². The third-order valence-electron chi connectivity index (χ3n) is 4.23. The smallest absolute Gasteiger partial charge is 0.254 e. The molecule has 0 unspecified atom stereocenters. The van der Waals surface area contributed by atoms with Crippen molar-refractivity contribution < 1.29 is 13.6 Å². The summed E-state index contributed by atoms with van der Waals surface area (Å²) in [5.74, 6) is -0.584. The first-order valence-corrected chi connectivity index (χ1v) is 7.48. The summed E-state index contributed by atoms with van der Waals surface area (Å²) in [5.41, 5.74) is 2.30. The van der Waals surface area contributed by atoms with Crippen LogP contribution in [-0.2, 0) is 6.54 Å². The molecule has 2 aromatic heterocycles. The molecule has 1 aliphatic rings. The van der Waals surface area contributed by atoms with Gasteiger partial charge >= 0.3 is 0 Å². The number of hydrogen-bond acceptors (Lipinski definition) is 2. The first-order valence-electron chi connectivity index (χ1n) is 7.48. The number of furan rings is 1. The van der Waals surface area contributed by atoms with Gasteiger partial charge in [0.15, 0.2) is 0 Å². The number of hydrogen-bond donors (Lipinski definition) is 0. The molecule has 116 valence electrons. The number of nitrogens with zero attached hydrogens (tertiary/aromatic N) is 2. The van der Waals surface area contributed by atoms with Gasteiger partial charge in [0, 0.05) is 36.1 Å². The highest BCUT2D eigenvalue weighted by Gasteiger charge is 2.33. The summed E-state index contributed by atoms with van der Waals surface area (Å²) >= 11 is 0. The zero-order valence-electron chi connectivity index (χ0n) is 12.4. The van der Waals surface area contributed by atoms with Crippen LogP contribution in [0.15, 0.2) is 65.6 Å². The van der Waals surface area contributed by atoms with Gasteiger partial charge < -0.3 is 13.9 Å². The van der Waals surface area contributed by atoms with E-state index >= 15 is 0 Å². The average Bonchev–Trinajstić information content (AvgIpc) is 3.24. The topological polar surface area (TPSA) is 38.4 Å². The van der Waals surface area contributed by atoms with Crippen molar-refractivity contribution in [3.05, 3.63) is 83.8 Å². The monoisotopic (exact) mass is 310 g/mol. The molecule has 23 heavy (non-hydrogen) atoms. The number of carbonyl (C=O) groups excluding carboxylic acids is 1. The van der Waals surface area contributed by atoms with Crippen molar-refractivity contribution in [2.45, 2.75) is 12.6 Å². The zero-order chi connectivity index (χ0) is 15.8. The van der Waals surface area contributed by atoms with Gasteiger partial charge in [-0.1, -0.05) is 6.07 Å². The normalized spacial score (nSPS) is 17.1. The van der Waals surface area contributed by atoms with Crippen LogP contribution in [0.3, 0.4) is 0 Å². The molecule has 3 heterocycles. The molecule has 4 nitrogen and oxygen atoms in total. The highest BCUT2D eigenvalue weighted by Crippen LogP contribution is 2.33. The summed E-state index contributed by atoms with van der Waals surface area (Å²) in [5, 5.41) is 0. The molecular weight excluding hydrogens is 295 g/mol. The number of fused-ring (bicyclic) bond motifs is 1. The maximum absolute atomic E-state index is 13.5. The fourth-order valence-electron chi connectivity index (χ4n) is 3.17. The third-order valence-corrected chi connectivity index (χ3v) is 4.23. The Morgan fingerprint density at radius 3 is 2.87 bits per heavy atom. The van der Waals surface area contributed by atoms with Crippen molar-refractivity contribution >= 4 is 5.91 Å². The van der Waals surface area contributed by atoms with E-state index in [0.717, 1.165) is 17.8 Å². The Morgan fingerprint density at radius 2 is 2.09 bits per heavy atom. The van der Waals surface area contributed by atoms with Crippen molar-refractivity contribution in [1.82, 2.24) is 9.47 Å². The number of carbonyl (C=O) groups is 1. The molecule has 0 saturated carbocycles. The van der Waals surface area contributed by atoms with Crippen molar-refractivity contribution in [2.24, 2.45) is 0 Å². The molecule has 1 atom stereocenters. The van der Waals surface area contributed by atoms with Gasteiger partial charge in [-0.25, -0.2) is 4.39 Å². The van der Waals surface area contributed by atoms with Gasteiger partial charge in [0.1, 0.15) is 11.9 Å². The lowest BCUT2D eigenvalue weighted by molar-refractivity contribution is 0.0663. The number of rotatable bonds is 2. The van der Waals surface area contributed by atoms with Crippen LogP contribution < -0.4 is 0 Å². The van der Waals surface area contributed by atoms with Crippen molar-refractivity contribution in [2.75, 3.05) is 6.54 Å². The van der Waals surface area contributed by atoms with E-state index in [1.165, 1.54) is 12.1 Å². The van der Waals surface area contributed by atoms with Crippen molar-refractivity contribution in [3.63, 3.8) is 0 Å². The van der Waals surface area contributed by atoms with Gasteiger partial charge in [-0.15, -0.1) is 0 Å². The summed E-state index contributed by atoms with van der Waals surface area (Å²) in [6.45, 7) is 1.28. The molecular formula is C18H15FN2O2. The maximum atomic E-state index is 13.5. The van der Waals surface area contributed by atoms with Crippen LogP contribution in [0, 0.1) is 5.82 Å². The van der Waals surface area contributed by atoms with Crippen molar-refractivity contribution in [1.29, 1.82) is 0 Å². The first-order chi connectivity index (χ1) is 11.2.